The lowest BCUT2D eigenvalue weighted by molar-refractivity contribution is -0.175. The van der Waals surface area contributed by atoms with Crippen LogP contribution in [0, 0.1) is 6.92 Å². The maximum Gasteiger partial charge on any atom is 0.471 e. The number of alkyl halides is 3. The molecule has 0 bridgehead atoms. The van der Waals surface area contributed by atoms with Gasteiger partial charge in [0.05, 0.1) is 0 Å². The Kier molecular flexibility index (Phi) is 4.99. The van der Waals surface area contributed by atoms with E-state index in [1.165, 1.54) is 11.4 Å². The molecule has 2 N–H and O–H groups in total. The van der Waals surface area contributed by atoms with Gasteiger partial charge in [0.25, 0.3) is 0 Å². The number of hydrogen-bond acceptors (Lipinski definition) is 2. The Labute approximate surface area is 117 Å². The summed E-state index contributed by atoms with van der Waals surface area (Å²) >= 11 is 5.88. The summed E-state index contributed by atoms with van der Waals surface area (Å²) in [5.41, 5.74) is 1.16. The van der Waals surface area contributed by atoms with Crippen molar-refractivity contribution < 1.29 is 27.9 Å². The number of benzene rings is 1. The fourth-order valence-electron chi connectivity index (χ4n) is 1.48. The van der Waals surface area contributed by atoms with Crippen molar-refractivity contribution in [3.63, 3.8) is 0 Å². The molecule has 0 aliphatic heterocycles. The van der Waals surface area contributed by atoms with Crippen LogP contribution in [0.5, 0.6) is 0 Å². The lowest BCUT2D eigenvalue weighted by Gasteiger charge is -2.16. The van der Waals surface area contributed by atoms with E-state index in [0.29, 0.717) is 5.56 Å². The van der Waals surface area contributed by atoms with Gasteiger partial charge >= 0.3 is 18.1 Å². The monoisotopic (exact) mass is 309 g/mol. The highest BCUT2D eigenvalue weighted by Crippen LogP contribution is 2.20. The van der Waals surface area contributed by atoms with E-state index in [9.17, 15) is 22.8 Å². The number of aliphatic carboxylic acids is 1. The molecule has 8 heteroatoms. The summed E-state index contributed by atoms with van der Waals surface area (Å²) < 4.78 is 36.3. The molecule has 1 aromatic rings. The standard InChI is InChI=1S/C12H11ClF3NO3/c1-6-2-3-7(8(13)4-6)5-9(10(18)19)17-11(20)12(14,15)16/h2-4,9H,5H2,1H3,(H,17,20)(H,18,19). The molecule has 0 heterocycles. The predicted molar refractivity (Wildman–Crippen MR) is 65.5 cm³/mol. The van der Waals surface area contributed by atoms with Crippen molar-refractivity contribution in [2.45, 2.75) is 25.6 Å². The Morgan fingerprint density at radius 3 is 2.45 bits per heavy atom. The Morgan fingerprint density at radius 1 is 1.40 bits per heavy atom. The minimum absolute atomic E-state index is 0.234. The summed E-state index contributed by atoms with van der Waals surface area (Å²) in [5.74, 6) is -3.87. The first-order valence-electron chi connectivity index (χ1n) is 5.46. The summed E-state index contributed by atoms with van der Waals surface area (Å²) in [6, 6.07) is 3.00. The Balaban J connectivity index is 2.88. The molecule has 1 amide bonds. The van der Waals surface area contributed by atoms with Crippen molar-refractivity contribution in [1.29, 1.82) is 0 Å². The van der Waals surface area contributed by atoms with E-state index in [1.807, 2.05) is 0 Å². The molecule has 1 unspecified atom stereocenters. The van der Waals surface area contributed by atoms with Crippen molar-refractivity contribution in [2.24, 2.45) is 0 Å². The summed E-state index contributed by atoms with van der Waals surface area (Å²) in [7, 11) is 0. The molecular formula is C12H11ClF3NO3. The van der Waals surface area contributed by atoms with E-state index in [2.05, 4.69) is 0 Å². The predicted octanol–water partition coefficient (Wildman–Crippen LogP) is 2.32. The van der Waals surface area contributed by atoms with Gasteiger partial charge in [-0.1, -0.05) is 23.7 Å². The van der Waals surface area contributed by atoms with Gasteiger partial charge in [0.15, 0.2) is 0 Å². The number of carbonyl (C=O) groups is 2. The molecule has 1 rings (SSSR count). The number of halogens is 4. The van der Waals surface area contributed by atoms with Crippen molar-refractivity contribution in [1.82, 2.24) is 5.32 Å². The highest BCUT2D eigenvalue weighted by Gasteiger charge is 2.40. The number of carboxylic acids is 1. The van der Waals surface area contributed by atoms with Crippen LogP contribution in [0.2, 0.25) is 5.02 Å². The van der Waals surface area contributed by atoms with Crippen LogP contribution in [-0.4, -0.2) is 29.2 Å². The van der Waals surface area contributed by atoms with E-state index in [4.69, 9.17) is 16.7 Å². The SMILES string of the molecule is Cc1ccc(CC(NC(=O)C(F)(F)F)C(=O)O)c(Cl)c1. The largest absolute Gasteiger partial charge is 0.480 e. The van der Waals surface area contributed by atoms with Crippen LogP contribution in [0.15, 0.2) is 18.2 Å². The highest BCUT2D eigenvalue weighted by atomic mass is 35.5. The van der Waals surface area contributed by atoms with Crippen molar-refractivity contribution in [3.8, 4) is 0 Å². The zero-order valence-corrected chi connectivity index (χ0v) is 11.0. The minimum Gasteiger partial charge on any atom is -0.480 e. The Bertz CT molecular complexity index is 531. The average Bonchev–Trinajstić information content (AvgIpc) is 2.29. The molecule has 1 aromatic carbocycles. The quantitative estimate of drug-likeness (QED) is 0.897. The Morgan fingerprint density at radius 2 is 2.00 bits per heavy atom. The molecule has 0 spiro atoms. The summed E-state index contributed by atoms with van der Waals surface area (Å²) in [5, 5.41) is 10.5. The number of carbonyl (C=O) groups excluding carboxylic acids is 1. The first-order chi connectivity index (χ1) is 9.11. The lowest BCUT2D eigenvalue weighted by atomic mass is 10.0. The lowest BCUT2D eigenvalue weighted by Crippen LogP contribution is -2.47. The van der Waals surface area contributed by atoms with E-state index in [-0.39, 0.29) is 11.4 Å². The molecule has 0 aromatic heterocycles. The highest BCUT2D eigenvalue weighted by molar-refractivity contribution is 6.31. The summed E-state index contributed by atoms with van der Waals surface area (Å²) in [6.45, 7) is 1.76. The third-order valence-electron chi connectivity index (χ3n) is 2.49. The van der Waals surface area contributed by atoms with Crippen LogP contribution in [0.25, 0.3) is 0 Å². The maximum atomic E-state index is 12.1. The summed E-state index contributed by atoms with van der Waals surface area (Å²) in [6.07, 6.45) is -5.47. The van der Waals surface area contributed by atoms with Gasteiger partial charge in [-0.25, -0.2) is 4.79 Å². The normalized spacial score (nSPS) is 12.8. The zero-order chi connectivity index (χ0) is 15.5. The first-order valence-corrected chi connectivity index (χ1v) is 5.84. The third-order valence-corrected chi connectivity index (χ3v) is 2.85. The molecule has 0 saturated heterocycles. The van der Waals surface area contributed by atoms with Gasteiger partial charge < -0.3 is 10.4 Å². The van der Waals surface area contributed by atoms with Gasteiger partial charge in [0.2, 0.25) is 0 Å². The van der Waals surface area contributed by atoms with Gasteiger partial charge in [-0.3, -0.25) is 4.79 Å². The molecule has 1 atom stereocenters. The molecule has 0 aliphatic carbocycles. The van der Waals surface area contributed by atoms with Gasteiger partial charge in [-0.05, 0) is 24.1 Å². The van der Waals surface area contributed by atoms with E-state index in [1.54, 1.807) is 19.1 Å². The van der Waals surface area contributed by atoms with Gasteiger partial charge in [-0.15, -0.1) is 0 Å². The van der Waals surface area contributed by atoms with Crippen LogP contribution < -0.4 is 5.32 Å². The van der Waals surface area contributed by atoms with E-state index >= 15 is 0 Å². The topological polar surface area (TPSA) is 66.4 Å². The van der Waals surface area contributed by atoms with Crippen LogP contribution in [0.4, 0.5) is 13.2 Å². The van der Waals surface area contributed by atoms with E-state index < -0.39 is 24.1 Å². The fourth-order valence-corrected chi connectivity index (χ4v) is 1.79. The molecule has 0 saturated carbocycles. The molecule has 20 heavy (non-hydrogen) atoms. The maximum absolute atomic E-state index is 12.1. The third kappa shape index (κ3) is 4.41. The average molecular weight is 310 g/mol. The fraction of sp³-hybridized carbons (Fsp3) is 0.333. The number of amides is 1. The van der Waals surface area contributed by atoms with Crippen molar-refractivity contribution >= 4 is 23.5 Å². The van der Waals surface area contributed by atoms with Gasteiger partial charge in [-0.2, -0.15) is 13.2 Å². The molecular weight excluding hydrogens is 299 g/mol. The van der Waals surface area contributed by atoms with Gasteiger partial charge in [0, 0.05) is 11.4 Å². The van der Waals surface area contributed by atoms with Crippen molar-refractivity contribution in [3.05, 3.63) is 34.3 Å². The zero-order valence-electron chi connectivity index (χ0n) is 10.3. The number of rotatable bonds is 4. The molecule has 4 nitrogen and oxygen atoms in total. The van der Waals surface area contributed by atoms with Crippen LogP contribution >= 0.6 is 11.6 Å². The number of carboxylic acid groups (broad SMARTS) is 1. The second-order valence-electron chi connectivity index (χ2n) is 4.16. The second-order valence-corrected chi connectivity index (χ2v) is 4.57. The minimum atomic E-state index is -5.13. The number of nitrogens with one attached hydrogen (secondary N) is 1. The van der Waals surface area contributed by atoms with Crippen LogP contribution in [0.1, 0.15) is 11.1 Å². The molecule has 0 aliphatic rings. The smallest absolute Gasteiger partial charge is 0.471 e. The van der Waals surface area contributed by atoms with Gasteiger partial charge in [0.1, 0.15) is 6.04 Å². The van der Waals surface area contributed by atoms with E-state index in [0.717, 1.165) is 5.56 Å². The summed E-state index contributed by atoms with van der Waals surface area (Å²) in [4.78, 5) is 21.7. The van der Waals surface area contributed by atoms with Crippen LogP contribution in [-0.2, 0) is 16.0 Å². The molecule has 0 radical (unpaired) electrons. The van der Waals surface area contributed by atoms with Crippen LogP contribution in [0.3, 0.4) is 0 Å². The number of aryl methyl sites for hydroxylation is 1. The second kappa shape index (κ2) is 6.13. The Hall–Kier alpha value is -1.76. The molecule has 0 fully saturated rings. The number of hydrogen-bond donors (Lipinski definition) is 2. The van der Waals surface area contributed by atoms with Crippen molar-refractivity contribution in [2.75, 3.05) is 0 Å². The molecule has 110 valence electrons. The first kappa shape index (κ1) is 16.3.